The lowest BCUT2D eigenvalue weighted by Gasteiger charge is -2.11. The van der Waals surface area contributed by atoms with Gasteiger partial charge in [0.25, 0.3) is 0 Å². The first-order valence-corrected chi connectivity index (χ1v) is 4.70. The van der Waals surface area contributed by atoms with E-state index >= 15 is 0 Å². The van der Waals surface area contributed by atoms with Crippen molar-refractivity contribution in [3.8, 4) is 0 Å². The molecule has 0 aromatic heterocycles. The molecule has 0 bridgehead atoms. The highest BCUT2D eigenvalue weighted by Crippen LogP contribution is 2.25. The summed E-state index contributed by atoms with van der Waals surface area (Å²) in [5, 5.41) is 3.17. The van der Waals surface area contributed by atoms with Crippen LogP contribution in [0.15, 0.2) is 31.4 Å². The molecule has 1 N–H and O–H groups in total. The van der Waals surface area contributed by atoms with Crippen molar-refractivity contribution < 1.29 is 0 Å². The Morgan fingerprint density at radius 2 is 1.79 bits per heavy atom. The second-order valence-corrected chi connectivity index (χ2v) is 3.57. The minimum absolute atomic E-state index is 1.07. The van der Waals surface area contributed by atoms with E-state index in [9.17, 15) is 0 Å². The van der Waals surface area contributed by atoms with E-state index in [4.69, 9.17) is 0 Å². The summed E-state index contributed by atoms with van der Waals surface area (Å²) in [4.78, 5) is 0. The van der Waals surface area contributed by atoms with E-state index in [1.165, 1.54) is 5.56 Å². The van der Waals surface area contributed by atoms with Gasteiger partial charge in [0.15, 0.2) is 0 Å². The Morgan fingerprint density at radius 1 is 1.14 bits per heavy atom. The van der Waals surface area contributed by atoms with Crippen LogP contribution in [0.5, 0.6) is 0 Å². The Hall–Kier alpha value is -1.50. The maximum absolute atomic E-state index is 3.95. The SMILES string of the molecule is C=C(C)c1ccc(C(=C)C)c(NC)c1. The highest BCUT2D eigenvalue weighted by atomic mass is 14.8. The fraction of sp³-hybridized carbons (Fsp3) is 0.231. The van der Waals surface area contributed by atoms with Crippen LogP contribution in [0.1, 0.15) is 25.0 Å². The predicted molar refractivity (Wildman–Crippen MR) is 65.4 cm³/mol. The van der Waals surface area contributed by atoms with Crippen molar-refractivity contribution in [2.45, 2.75) is 13.8 Å². The topological polar surface area (TPSA) is 12.0 Å². The second-order valence-electron chi connectivity index (χ2n) is 3.57. The number of benzene rings is 1. The molecule has 0 aliphatic heterocycles. The maximum atomic E-state index is 3.95. The van der Waals surface area contributed by atoms with Crippen LogP contribution in [0.2, 0.25) is 0 Å². The molecule has 0 aliphatic rings. The van der Waals surface area contributed by atoms with Gasteiger partial charge in [0.2, 0.25) is 0 Å². The smallest absolute Gasteiger partial charge is 0.0419 e. The molecule has 0 radical (unpaired) electrons. The van der Waals surface area contributed by atoms with E-state index in [1.807, 2.05) is 20.9 Å². The van der Waals surface area contributed by atoms with Gasteiger partial charge in [-0.2, -0.15) is 0 Å². The monoisotopic (exact) mass is 187 g/mol. The third-order valence-corrected chi connectivity index (χ3v) is 2.24. The minimum Gasteiger partial charge on any atom is -0.388 e. The number of hydrogen-bond donors (Lipinski definition) is 1. The van der Waals surface area contributed by atoms with Gasteiger partial charge >= 0.3 is 0 Å². The molecule has 0 saturated heterocycles. The summed E-state index contributed by atoms with van der Waals surface area (Å²) >= 11 is 0. The molecular weight excluding hydrogens is 170 g/mol. The molecule has 0 spiro atoms. The molecular formula is C13H17N. The van der Waals surface area contributed by atoms with Gasteiger partial charge in [-0.05, 0) is 36.6 Å². The van der Waals surface area contributed by atoms with E-state index in [2.05, 4.69) is 36.7 Å². The van der Waals surface area contributed by atoms with Gasteiger partial charge in [-0.1, -0.05) is 30.9 Å². The summed E-state index contributed by atoms with van der Waals surface area (Å²) in [7, 11) is 1.92. The summed E-state index contributed by atoms with van der Waals surface area (Å²) in [5.41, 5.74) is 5.59. The first kappa shape index (κ1) is 10.6. The molecule has 1 aromatic carbocycles. The van der Waals surface area contributed by atoms with Crippen LogP contribution in [0, 0.1) is 0 Å². The zero-order chi connectivity index (χ0) is 10.7. The van der Waals surface area contributed by atoms with Crippen molar-refractivity contribution >= 4 is 16.8 Å². The quantitative estimate of drug-likeness (QED) is 0.759. The summed E-state index contributed by atoms with van der Waals surface area (Å²) in [6, 6.07) is 6.26. The van der Waals surface area contributed by atoms with Gasteiger partial charge in [-0.15, -0.1) is 0 Å². The molecule has 1 rings (SSSR count). The number of anilines is 1. The molecule has 0 aliphatic carbocycles. The van der Waals surface area contributed by atoms with E-state index < -0.39 is 0 Å². The first-order chi connectivity index (χ1) is 6.56. The van der Waals surface area contributed by atoms with Crippen molar-refractivity contribution in [2.24, 2.45) is 0 Å². The molecule has 0 atom stereocenters. The van der Waals surface area contributed by atoms with Crippen molar-refractivity contribution in [3.63, 3.8) is 0 Å². The van der Waals surface area contributed by atoms with Crippen molar-refractivity contribution in [2.75, 3.05) is 12.4 Å². The molecule has 0 saturated carbocycles. The third-order valence-electron chi connectivity index (χ3n) is 2.24. The van der Waals surface area contributed by atoms with Gasteiger partial charge < -0.3 is 5.32 Å². The van der Waals surface area contributed by atoms with Crippen molar-refractivity contribution in [1.82, 2.24) is 0 Å². The normalized spacial score (nSPS) is 9.64. The standard InChI is InChI=1S/C13H17N/c1-9(2)11-6-7-12(10(3)4)13(8-11)14-5/h6-8,14H,1,3H2,2,4-5H3. The van der Waals surface area contributed by atoms with Gasteiger partial charge in [0, 0.05) is 12.7 Å². The summed E-state index contributed by atoms with van der Waals surface area (Å²) in [5.74, 6) is 0. The summed E-state index contributed by atoms with van der Waals surface area (Å²) in [6.45, 7) is 11.9. The van der Waals surface area contributed by atoms with Crippen molar-refractivity contribution in [1.29, 1.82) is 0 Å². The van der Waals surface area contributed by atoms with Crippen LogP contribution < -0.4 is 5.32 Å². The lowest BCUT2D eigenvalue weighted by Crippen LogP contribution is -1.94. The molecule has 0 unspecified atom stereocenters. The van der Waals surface area contributed by atoms with Crippen LogP contribution >= 0.6 is 0 Å². The fourth-order valence-electron chi connectivity index (χ4n) is 1.39. The Bertz CT molecular complexity index is 375. The first-order valence-electron chi connectivity index (χ1n) is 4.70. The average Bonchev–Trinajstić information content (AvgIpc) is 2.16. The van der Waals surface area contributed by atoms with Gasteiger partial charge in [-0.3, -0.25) is 0 Å². The second kappa shape index (κ2) is 4.14. The number of allylic oxidation sites excluding steroid dienone is 2. The largest absolute Gasteiger partial charge is 0.388 e. The lowest BCUT2D eigenvalue weighted by molar-refractivity contribution is 1.44. The Balaban J connectivity index is 3.25. The van der Waals surface area contributed by atoms with Gasteiger partial charge in [-0.25, -0.2) is 0 Å². The fourth-order valence-corrected chi connectivity index (χ4v) is 1.39. The Labute approximate surface area is 86.2 Å². The van der Waals surface area contributed by atoms with E-state index in [0.717, 1.165) is 22.4 Å². The number of rotatable bonds is 3. The molecule has 14 heavy (non-hydrogen) atoms. The zero-order valence-corrected chi connectivity index (χ0v) is 9.15. The van der Waals surface area contributed by atoms with E-state index in [0.29, 0.717) is 0 Å². The van der Waals surface area contributed by atoms with E-state index in [-0.39, 0.29) is 0 Å². The maximum Gasteiger partial charge on any atom is 0.0419 e. The minimum atomic E-state index is 1.07. The predicted octanol–water partition coefficient (Wildman–Crippen LogP) is 3.79. The van der Waals surface area contributed by atoms with Crippen molar-refractivity contribution in [3.05, 3.63) is 42.5 Å². The highest BCUT2D eigenvalue weighted by molar-refractivity contribution is 5.77. The van der Waals surface area contributed by atoms with Crippen LogP contribution in [0.25, 0.3) is 11.1 Å². The van der Waals surface area contributed by atoms with Crippen LogP contribution in [0.4, 0.5) is 5.69 Å². The zero-order valence-electron chi connectivity index (χ0n) is 9.15. The summed E-state index contributed by atoms with van der Waals surface area (Å²) in [6.07, 6.45) is 0. The molecule has 74 valence electrons. The molecule has 1 heteroatoms. The molecule has 1 nitrogen and oxygen atoms in total. The molecule has 0 heterocycles. The third kappa shape index (κ3) is 2.05. The van der Waals surface area contributed by atoms with Gasteiger partial charge in [0.1, 0.15) is 0 Å². The van der Waals surface area contributed by atoms with Crippen LogP contribution in [0.3, 0.4) is 0 Å². The van der Waals surface area contributed by atoms with Crippen LogP contribution in [-0.2, 0) is 0 Å². The highest BCUT2D eigenvalue weighted by Gasteiger charge is 2.03. The summed E-state index contributed by atoms with van der Waals surface area (Å²) < 4.78 is 0. The Morgan fingerprint density at radius 3 is 2.21 bits per heavy atom. The molecule has 0 fully saturated rings. The number of nitrogens with one attached hydrogen (secondary N) is 1. The van der Waals surface area contributed by atoms with Crippen LogP contribution in [-0.4, -0.2) is 7.05 Å². The Kier molecular flexibility index (Phi) is 3.13. The lowest BCUT2D eigenvalue weighted by atomic mass is 10.0. The molecule has 0 amide bonds. The number of hydrogen-bond acceptors (Lipinski definition) is 1. The molecule has 1 aromatic rings. The van der Waals surface area contributed by atoms with Gasteiger partial charge in [0.05, 0.1) is 0 Å². The average molecular weight is 187 g/mol. The van der Waals surface area contributed by atoms with E-state index in [1.54, 1.807) is 0 Å².